The van der Waals surface area contributed by atoms with Crippen LogP contribution in [0.1, 0.15) is 73.1 Å². The molecule has 0 fully saturated rings. The number of nitrogens with one attached hydrogen (secondary N) is 1. The third-order valence-corrected chi connectivity index (χ3v) is 5.10. The van der Waals surface area contributed by atoms with E-state index in [1.165, 1.54) is 36.0 Å². The van der Waals surface area contributed by atoms with Crippen LogP contribution in [0, 0.1) is 0 Å². The lowest BCUT2D eigenvalue weighted by Crippen LogP contribution is -2.20. The van der Waals surface area contributed by atoms with Crippen LogP contribution in [-0.4, -0.2) is 11.6 Å². The van der Waals surface area contributed by atoms with Crippen LogP contribution in [-0.2, 0) is 18.3 Å². The second-order valence-corrected chi connectivity index (χ2v) is 8.16. The summed E-state index contributed by atoms with van der Waals surface area (Å²) in [4.78, 5) is 12.4. The fourth-order valence-electron chi connectivity index (χ4n) is 3.34. The van der Waals surface area contributed by atoms with Gasteiger partial charge in [-0.25, -0.2) is 5.43 Å². The van der Waals surface area contributed by atoms with Gasteiger partial charge in [0, 0.05) is 5.56 Å². The first-order valence-corrected chi connectivity index (χ1v) is 9.42. The molecule has 3 heteroatoms. The standard InChI is InChI=1S/C23H28N2O/c1-16(19-10-9-17-7-5-6-8-20(17)15-19)24-25-22(26)18-11-13-21(14-12-18)23(2,3)4/h9-15H,5-8H2,1-4H3,(H,25,26). The largest absolute Gasteiger partial charge is 0.271 e. The number of hydrogen-bond donors (Lipinski definition) is 1. The van der Waals surface area contributed by atoms with Crippen LogP contribution < -0.4 is 5.43 Å². The summed E-state index contributed by atoms with van der Waals surface area (Å²) in [5.74, 6) is -0.178. The minimum Gasteiger partial charge on any atom is -0.267 e. The molecule has 0 aliphatic heterocycles. The van der Waals surface area contributed by atoms with E-state index in [4.69, 9.17) is 0 Å². The maximum absolute atomic E-state index is 12.4. The molecular formula is C23H28N2O. The summed E-state index contributed by atoms with van der Waals surface area (Å²) < 4.78 is 0. The van der Waals surface area contributed by atoms with E-state index in [-0.39, 0.29) is 11.3 Å². The van der Waals surface area contributed by atoms with Crippen molar-refractivity contribution in [2.24, 2.45) is 5.10 Å². The van der Waals surface area contributed by atoms with E-state index in [9.17, 15) is 4.79 Å². The summed E-state index contributed by atoms with van der Waals surface area (Å²) >= 11 is 0. The third kappa shape index (κ3) is 4.21. The van der Waals surface area contributed by atoms with Gasteiger partial charge in [-0.05, 0) is 78.5 Å². The Morgan fingerprint density at radius 3 is 2.19 bits per heavy atom. The summed E-state index contributed by atoms with van der Waals surface area (Å²) in [6, 6.07) is 14.3. The van der Waals surface area contributed by atoms with Gasteiger partial charge in [-0.15, -0.1) is 0 Å². The van der Waals surface area contributed by atoms with Gasteiger partial charge in [-0.1, -0.05) is 45.0 Å². The number of aryl methyl sites for hydroxylation is 2. The van der Waals surface area contributed by atoms with Crippen LogP contribution in [0.4, 0.5) is 0 Å². The van der Waals surface area contributed by atoms with Crippen molar-refractivity contribution in [2.45, 2.75) is 58.8 Å². The highest BCUT2D eigenvalue weighted by molar-refractivity contribution is 6.01. The second-order valence-electron chi connectivity index (χ2n) is 8.16. The molecular weight excluding hydrogens is 320 g/mol. The predicted molar refractivity (Wildman–Crippen MR) is 108 cm³/mol. The van der Waals surface area contributed by atoms with Gasteiger partial charge in [-0.2, -0.15) is 5.10 Å². The Kier molecular flexibility index (Phi) is 5.26. The third-order valence-electron chi connectivity index (χ3n) is 5.10. The van der Waals surface area contributed by atoms with Gasteiger partial charge in [0.05, 0.1) is 5.71 Å². The molecule has 0 unspecified atom stereocenters. The van der Waals surface area contributed by atoms with E-state index in [1.54, 1.807) is 0 Å². The lowest BCUT2D eigenvalue weighted by molar-refractivity contribution is 0.0955. The van der Waals surface area contributed by atoms with Crippen molar-refractivity contribution in [3.05, 3.63) is 70.3 Å². The molecule has 0 spiro atoms. The number of rotatable bonds is 3. The fraction of sp³-hybridized carbons (Fsp3) is 0.391. The number of benzene rings is 2. The van der Waals surface area contributed by atoms with Crippen LogP contribution in [0.15, 0.2) is 47.6 Å². The Balaban J connectivity index is 1.69. The summed E-state index contributed by atoms with van der Waals surface area (Å²) in [6.45, 7) is 8.42. The van der Waals surface area contributed by atoms with Crippen LogP contribution in [0.25, 0.3) is 0 Å². The average Bonchev–Trinajstić information content (AvgIpc) is 2.64. The Morgan fingerprint density at radius 1 is 0.923 bits per heavy atom. The number of hydrazone groups is 1. The zero-order chi connectivity index (χ0) is 18.7. The SMILES string of the molecule is CC(=NNC(=O)c1ccc(C(C)(C)C)cc1)c1ccc2c(c1)CCCC2. The minimum absolute atomic E-state index is 0.0796. The van der Waals surface area contributed by atoms with Crippen molar-refractivity contribution in [1.82, 2.24) is 5.43 Å². The van der Waals surface area contributed by atoms with Crippen molar-refractivity contribution in [1.29, 1.82) is 0 Å². The van der Waals surface area contributed by atoms with Gasteiger partial charge in [-0.3, -0.25) is 4.79 Å². The second kappa shape index (κ2) is 7.45. The van der Waals surface area contributed by atoms with Gasteiger partial charge < -0.3 is 0 Å². The molecule has 1 N–H and O–H groups in total. The molecule has 1 aliphatic rings. The van der Waals surface area contributed by atoms with Gasteiger partial charge in [0.2, 0.25) is 0 Å². The maximum Gasteiger partial charge on any atom is 0.271 e. The number of amides is 1. The van der Waals surface area contributed by atoms with E-state index in [2.05, 4.69) is 49.5 Å². The van der Waals surface area contributed by atoms with Gasteiger partial charge in [0.15, 0.2) is 0 Å². The van der Waals surface area contributed by atoms with Crippen molar-refractivity contribution in [3.63, 3.8) is 0 Å². The van der Waals surface area contributed by atoms with Crippen molar-refractivity contribution in [3.8, 4) is 0 Å². The van der Waals surface area contributed by atoms with Crippen molar-refractivity contribution in [2.75, 3.05) is 0 Å². The fourth-order valence-corrected chi connectivity index (χ4v) is 3.34. The summed E-state index contributed by atoms with van der Waals surface area (Å²) in [7, 11) is 0. The molecule has 2 aromatic carbocycles. The predicted octanol–water partition coefficient (Wildman–Crippen LogP) is 5.02. The van der Waals surface area contributed by atoms with Gasteiger partial charge in [0.1, 0.15) is 0 Å². The molecule has 136 valence electrons. The smallest absolute Gasteiger partial charge is 0.267 e. The Bertz CT molecular complexity index is 826. The molecule has 0 saturated carbocycles. The first-order valence-electron chi connectivity index (χ1n) is 9.42. The summed E-state index contributed by atoms with van der Waals surface area (Å²) in [5, 5.41) is 4.31. The van der Waals surface area contributed by atoms with Crippen LogP contribution >= 0.6 is 0 Å². The van der Waals surface area contributed by atoms with Crippen LogP contribution in [0.3, 0.4) is 0 Å². The zero-order valence-electron chi connectivity index (χ0n) is 16.2. The highest BCUT2D eigenvalue weighted by Gasteiger charge is 2.14. The number of carbonyl (C=O) groups excluding carboxylic acids is 1. The molecule has 0 atom stereocenters. The van der Waals surface area contributed by atoms with E-state index in [0.29, 0.717) is 5.56 Å². The number of hydrogen-bond acceptors (Lipinski definition) is 2. The molecule has 26 heavy (non-hydrogen) atoms. The van der Waals surface area contributed by atoms with Crippen LogP contribution in [0.5, 0.6) is 0 Å². The molecule has 0 heterocycles. The van der Waals surface area contributed by atoms with E-state index in [0.717, 1.165) is 17.7 Å². The maximum atomic E-state index is 12.4. The number of fused-ring (bicyclic) bond motifs is 1. The lowest BCUT2D eigenvalue weighted by atomic mass is 9.87. The van der Waals surface area contributed by atoms with E-state index >= 15 is 0 Å². The highest BCUT2D eigenvalue weighted by Crippen LogP contribution is 2.23. The van der Waals surface area contributed by atoms with E-state index < -0.39 is 0 Å². The quantitative estimate of drug-likeness (QED) is 0.614. The first kappa shape index (κ1) is 18.4. The Hall–Kier alpha value is -2.42. The Morgan fingerprint density at radius 2 is 1.54 bits per heavy atom. The molecule has 2 aromatic rings. The first-order chi connectivity index (χ1) is 12.3. The number of nitrogens with zero attached hydrogens (tertiary/aromatic N) is 1. The lowest BCUT2D eigenvalue weighted by Gasteiger charge is -2.18. The van der Waals surface area contributed by atoms with E-state index in [1.807, 2.05) is 31.2 Å². The molecule has 0 radical (unpaired) electrons. The van der Waals surface area contributed by atoms with Crippen LogP contribution in [0.2, 0.25) is 0 Å². The van der Waals surface area contributed by atoms with Crippen molar-refractivity contribution < 1.29 is 4.79 Å². The molecule has 1 amide bonds. The summed E-state index contributed by atoms with van der Waals surface area (Å²) in [6.07, 6.45) is 4.85. The molecule has 0 aromatic heterocycles. The topological polar surface area (TPSA) is 41.5 Å². The molecule has 0 saturated heterocycles. The zero-order valence-corrected chi connectivity index (χ0v) is 16.2. The Labute approximate surface area is 156 Å². The normalized spacial score (nSPS) is 14.7. The molecule has 1 aliphatic carbocycles. The monoisotopic (exact) mass is 348 g/mol. The molecule has 3 nitrogen and oxygen atoms in total. The average molecular weight is 348 g/mol. The number of carbonyl (C=O) groups is 1. The molecule has 0 bridgehead atoms. The van der Waals surface area contributed by atoms with Gasteiger partial charge >= 0.3 is 0 Å². The summed E-state index contributed by atoms with van der Waals surface area (Å²) in [5.41, 5.74) is 9.39. The highest BCUT2D eigenvalue weighted by atomic mass is 16.2. The van der Waals surface area contributed by atoms with Gasteiger partial charge in [0.25, 0.3) is 5.91 Å². The van der Waals surface area contributed by atoms with Crippen molar-refractivity contribution >= 4 is 11.6 Å². The molecule has 3 rings (SSSR count). The minimum atomic E-state index is -0.178.